The lowest BCUT2D eigenvalue weighted by Crippen LogP contribution is -2.39. The smallest absolute Gasteiger partial charge is 0.312 e. The number of rotatable bonds is 3. The average Bonchev–Trinajstić information content (AvgIpc) is 2.46. The molecule has 0 radical (unpaired) electrons. The first kappa shape index (κ1) is 13.2. The van der Waals surface area contributed by atoms with E-state index in [0.717, 1.165) is 19.4 Å². The summed E-state index contributed by atoms with van der Waals surface area (Å²) in [5, 5.41) is 19.9. The van der Waals surface area contributed by atoms with Crippen LogP contribution in [0.3, 0.4) is 0 Å². The molecule has 7 nitrogen and oxygen atoms in total. The van der Waals surface area contributed by atoms with E-state index in [2.05, 4.69) is 4.98 Å². The summed E-state index contributed by atoms with van der Waals surface area (Å²) in [5.41, 5.74) is 5.75. The molecule has 0 aliphatic carbocycles. The Labute approximate surface area is 110 Å². The Morgan fingerprint density at radius 1 is 1.68 bits per heavy atom. The maximum absolute atomic E-state index is 11.1. The molecule has 0 aromatic carbocycles. The number of nitro groups is 1. The van der Waals surface area contributed by atoms with Crippen molar-refractivity contribution in [2.75, 3.05) is 24.5 Å². The summed E-state index contributed by atoms with van der Waals surface area (Å²) >= 11 is 0. The Hall–Kier alpha value is -2.20. The van der Waals surface area contributed by atoms with Gasteiger partial charge in [-0.3, -0.25) is 10.1 Å². The van der Waals surface area contributed by atoms with Gasteiger partial charge in [-0.05, 0) is 25.3 Å². The fourth-order valence-electron chi connectivity index (χ4n) is 2.33. The molecule has 1 aliphatic rings. The molecular formula is C12H15N5O2. The molecule has 1 unspecified atom stereocenters. The van der Waals surface area contributed by atoms with Gasteiger partial charge in [-0.15, -0.1) is 0 Å². The summed E-state index contributed by atoms with van der Waals surface area (Å²) in [6, 6.07) is 3.14. The molecule has 1 aromatic rings. The molecule has 7 heteroatoms. The van der Waals surface area contributed by atoms with E-state index < -0.39 is 4.92 Å². The van der Waals surface area contributed by atoms with Gasteiger partial charge >= 0.3 is 5.69 Å². The van der Waals surface area contributed by atoms with Crippen LogP contribution in [0.25, 0.3) is 0 Å². The summed E-state index contributed by atoms with van der Waals surface area (Å²) in [7, 11) is 0. The van der Waals surface area contributed by atoms with Crippen LogP contribution in [0.4, 0.5) is 11.5 Å². The summed E-state index contributed by atoms with van der Waals surface area (Å²) < 4.78 is 0. The van der Waals surface area contributed by atoms with E-state index in [1.54, 1.807) is 0 Å². The van der Waals surface area contributed by atoms with Crippen LogP contribution in [-0.2, 0) is 0 Å². The number of pyridine rings is 1. The van der Waals surface area contributed by atoms with Gasteiger partial charge in [-0.1, -0.05) is 0 Å². The van der Waals surface area contributed by atoms with Gasteiger partial charge in [0.25, 0.3) is 0 Å². The SMILES string of the molecule is N#Cc1cnc(N2CCCC(CN)C2)c([N+](=O)[O-])c1. The van der Waals surface area contributed by atoms with Crippen LogP contribution in [0.2, 0.25) is 0 Å². The minimum Gasteiger partial charge on any atom is -0.351 e. The molecular weight excluding hydrogens is 246 g/mol. The second-order valence-electron chi connectivity index (χ2n) is 4.63. The van der Waals surface area contributed by atoms with Gasteiger partial charge in [0, 0.05) is 25.4 Å². The maximum Gasteiger partial charge on any atom is 0.312 e. The number of aromatic nitrogens is 1. The monoisotopic (exact) mass is 261 g/mol. The number of hydrogen-bond donors (Lipinski definition) is 1. The fourth-order valence-corrected chi connectivity index (χ4v) is 2.33. The van der Waals surface area contributed by atoms with Crippen LogP contribution in [-0.4, -0.2) is 29.5 Å². The highest BCUT2D eigenvalue weighted by Gasteiger charge is 2.26. The Morgan fingerprint density at radius 2 is 2.47 bits per heavy atom. The molecule has 1 fully saturated rings. The van der Waals surface area contributed by atoms with Gasteiger partial charge in [0.1, 0.15) is 6.07 Å². The third-order valence-corrected chi connectivity index (χ3v) is 3.32. The molecule has 19 heavy (non-hydrogen) atoms. The van der Waals surface area contributed by atoms with E-state index in [0.29, 0.717) is 24.8 Å². The van der Waals surface area contributed by atoms with Crippen LogP contribution in [0, 0.1) is 27.4 Å². The molecule has 100 valence electrons. The van der Waals surface area contributed by atoms with Crippen LogP contribution in [0.5, 0.6) is 0 Å². The van der Waals surface area contributed by atoms with Crippen LogP contribution in [0.15, 0.2) is 12.3 Å². The zero-order valence-electron chi connectivity index (χ0n) is 10.5. The first-order valence-corrected chi connectivity index (χ1v) is 6.15. The second-order valence-corrected chi connectivity index (χ2v) is 4.63. The topological polar surface area (TPSA) is 109 Å². The van der Waals surface area contributed by atoms with Crippen molar-refractivity contribution in [2.45, 2.75) is 12.8 Å². The number of nitrogens with two attached hydrogens (primary N) is 1. The Bertz CT molecular complexity index is 525. The highest BCUT2D eigenvalue weighted by Crippen LogP contribution is 2.29. The molecule has 2 rings (SSSR count). The first-order valence-electron chi connectivity index (χ1n) is 6.15. The van der Waals surface area contributed by atoms with E-state index in [1.165, 1.54) is 12.3 Å². The maximum atomic E-state index is 11.1. The first-order chi connectivity index (χ1) is 9.15. The predicted octanol–water partition coefficient (Wildman–Crippen LogP) is 1.04. The van der Waals surface area contributed by atoms with Gasteiger partial charge in [-0.2, -0.15) is 5.26 Å². The van der Waals surface area contributed by atoms with E-state index >= 15 is 0 Å². The van der Waals surface area contributed by atoms with Crippen LogP contribution >= 0.6 is 0 Å². The van der Waals surface area contributed by atoms with Crippen molar-refractivity contribution < 1.29 is 4.92 Å². The van der Waals surface area contributed by atoms with E-state index in [9.17, 15) is 10.1 Å². The zero-order valence-corrected chi connectivity index (χ0v) is 10.5. The van der Waals surface area contributed by atoms with Crippen molar-refractivity contribution in [3.05, 3.63) is 27.9 Å². The van der Waals surface area contributed by atoms with E-state index in [1.807, 2.05) is 11.0 Å². The summed E-state index contributed by atoms with van der Waals surface area (Å²) in [6.07, 6.45) is 3.35. The molecule has 1 saturated heterocycles. The molecule has 0 bridgehead atoms. The molecule has 2 N–H and O–H groups in total. The highest BCUT2D eigenvalue weighted by atomic mass is 16.6. The minimum absolute atomic E-state index is 0.114. The van der Waals surface area contributed by atoms with Crippen molar-refractivity contribution >= 4 is 11.5 Å². The van der Waals surface area contributed by atoms with E-state index in [-0.39, 0.29) is 11.3 Å². The predicted molar refractivity (Wildman–Crippen MR) is 69.6 cm³/mol. The number of anilines is 1. The lowest BCUT2D eigenvalue weighted by Gasteiger charge is -2.32. The second kappa shape index (κ2) is 5.63. The molecule has 1 aromatic heterocycles. The average molecular weight is 261 g/mol. The number of nitrogens with zero attached hydrogens (tertiary/aromatic N) is 4. The molecule has 2 heterocycles. The fraction of sp³-hybridized carbons (Fsp3) is 0.500. The Kier molecular flexibility index (Phi) is 3.92. The molecule has 1 atom stereocenters. The quantitative estimate of drug-likeness (QED) is 0.643. The van der Waals surface area contributed by atoms with Gasteiger partial charge in [0.15, 0.2) is 0 Å². The van der Waals surface area contributed by atoms with Gasteiger partial charge in [0.2, 0.25) is 5.82 Å². The van der Waals surface area contributed by atoms with Gasteiger partial charge < -0.3 is 10.6 Å². The van der Waals surface area contributed by atoms with Crippen molar-refractivity contribution in [1.29, 1.82) is 5.26 Å². The number of piperidine rings is 1. The van der Waals surface area contributed by atoms with Crippen LogP contribution < -0.4 is 10.6 Å². The summed E-state index contributed by atoms with van der Waals surface area (Å²) in [5.74, 6) is 0.674. The zero-order chi connectivity index (χ0) is 13.8. The molecule has 0 spiro atoms. The molecule has 1 aliphatic heterocycles. The third kappa shape index (κ3) is 2.80. The van der Waals surface area contributed by atoms with Crippen molar-refractivity contribution in [2.24, 2.45) is 11.7 Å². The van der Waals surface area contributed by atoms with Crippen molar-refractivity contribution in [3.8, 4) is 6.07 Å². The highest BCUT2D eigenvalue weighted by molar-refractivity contribution is 5.60. The normalized spacial score (nSPS) is 18.9. The number of hydrogen-bond acceptors (Lipinski definition) is 6. The van der Waals surface area contributed by atoms with Crippen molar-refractivity contribution in [1.82, 2.24) is 4.98 Å². The lowest BCUT2D eigenvalue weighted by molar-refractivity contribution is -0.384. The van der Waals surface area contributed by atoms with Crippen LogP contribution in [0.1, 0.15) is 18.4 Å². The van der Waals surface area contributed by atoms with Gasteiger partial charge in [0.05, 0.1) is 10.5 Å². The van der Waals surface area contributed by atoms with E-state index in [4.69, 9.17) is 11.0 Å². The third-order valence-electron chi connectivity index (χ3n) is 3.32. The minimum atomic E-state index is -0.491. The molecule has 0 amide bonds. The Balaban J connectivity index is 2.33. The molecule has 0 saturated carbocycles. The van der Waals surface area contributed by atoms with Crippen molar-refractivity contribution in [3.63, 3.8) is 0 Å². The standard InChI is InChI=1S/C12H15N5O2/c13-5-9-2-1-3-16(8-9)12-11(17(18)19)4-10(6-14)7-15-12/h4,7,9H,1-3,5,8,13H2. The largest absolute Gasteiger partial charge is 0.351 e. The number of nitriles is 1. The lowest BCUT2D eigenvalue weighted by atomic mass is 9.98. The summed E-state index contributed by atoms with van der Waals surface area (Å²) in [6.45, 7) is 1.98. The summed E-state index contributed by atoms with van der Waals surface area (Å²) in [4.78, 5) is 16.6. The van der Waals surface area contributed by atoms with Gasteiger partial charge in [-0.25, -0.2) is 4.98 Å². The Morgan fingerprint density at radius 3 is 3.11 bits per heavy atom.